The number of hydrogen-bond acceptors (Lipinski definition) is 7. The molecule has 1 aromatic heterocycles. The number of benzene rings is 1. The van der Waals surface area contributed by atoms with E-state index >= 15 is 0 Å². The van der Waals surface area contributed by atoms with Gasteiger partial charge >= 0.3 is 5.97 Å². The number of nitrogens with zero attached hydrogens (tertiary/aromatic N) is 3. The number of piperidine rings is 1. The van der Waals surface area contributed by atoms with Crippen LogP contribution in [0.2, 0.25) is 0 Å². The molecule has 3 rings (SSSR count). The minimum atomic E-state index is -0.114. The van der Waals surface area contributed by atoms with Gasteiger partial charge in [0.15, 0.2) is 0 Å². The van der Waals surface area contributed by atoms with Crippen molar-refractivity contribution in [1.29, 1.82) is 0 Å². The molecular formula is C18H23N3O4. The molecule has 7 heteroatoms. The normalized spacial score (nSPS) is 18.1. The molecule has 1 aliphatic rings. The highest BCUT2D eigenvalue weighted by atomic mass is 16.5. The van der Waals surface area contributed by atoms with Crippen molar-refractivity contribution in [2.75, 3.05) is 26.8 Å². The molecule has 0 amide bonds. The fourth-order valence-electron chi connectivity index (χ4n) is 3.02. The summed E-state index contributed by atoms with van der Waals surface area (Å²) in [4.78, 5) is 18.5. The lowest BCUT2D eigenvalue weighted by molar-refractivity contribution is -0.150. The molecule has 2 heterocycles. The van der Waals surface area contributed by atoms with E-state index in [1.54, 1.807) is 7.11 Å². The Hall–Kier alpha value is -2.41. The van der Waals surface area contributed by atoms with Crippen LogP contribution in [0.1, 0.15) is 25.7 Å². The summed E-state index contributed by atoms with van der Waals surface area (Å²) in [6, 6.07) is 7.51. The van der Waals surface area contributed by atoms with Gasteiger partial charge in [0.1, 0.15) is 5.75 Å². The van der Waals surface area contributed by atoms with Gasteiger partial charge in [0.25, 0.3) is 0 Å². The number of hydrogen-bond donors (Lipinski definition) is 0. The van der Waals surface area contributed by atoms with Gasteiger partial charge in [-0.1, -0.05) is 5.16 Å². The Bertz CT molecular complexity index is 699. The van der Waals surface area contributed by atoms with E-state index in [-0.39, 0.29) is 11.9 Å². The standard InChI is InChI=1S/C18H23N3O4/c1-3-24-18(22)14-5-4-10-21(11-14)12-16-19-17(20-25-16)13-6-8-15(23-2)9-7-13/h6-9,14H,3-5,10-12H2,1-2H3. The number of carbonyl (C=O) groups is 1. The molecule has 0 N–H and O–H groups in total. The maximum atomic E-state index is 11.9. The maximum absolute atomic E-state index is 11.9. The number of esters is 1. The highest BCUT2D eigenvalue weighted by molar-refractivity contribution is 5.72. The molecule has 0 aliphatic carbocycles. The van der Waals surface area contributed by atoms with Crippen LogP contribution in [0.25, 0.3) is 11.4 Å². The fourth-order valence-corrected chi connectivity index (χ4v) is 3.02. The van der Waals surface area contributed by atoms with Gasteiger partial charge in [-0.15, -0.1) is 0 Å². The number of carbonyl (C=O) groups excluding carboxylic acids is 1. The summed E-state index contributed by atoms with van der Waals surface area (Å²) in [5.41, 5.74) is 0.874. The van der Waals surface area contributed by atoms with Gasteiger partial charge in [-0.25, -0.2) is 0 Å². The van der Waals surface area contributed by atoms with Crippen LogP contribution in [0, 0.1) is 5.92 Å². The van der Waals surface area contributed by atoms with Gasteiger partial charge < -0.3 is 14.0 Å². The molecule has 134 valence electrons. The lowest BCUT2D eigenvalue weighted by Gasteiger charge is -2.30. The van der Waals surface area contributed by atoms with Gasteiger partial charge in [0.2, 0.25) is 11.7 Å². The quantitative estimate of drug-likeness (QED) is 0.744. The Morgan fingerprint density at radius 2 is 2.16 bits per heavy atom. The number of ether oxygens (including phenoxy) is 2. The van der Waals surface area contributed by atoms with Crippen molar-refractivity contribution in [2.24, 2.45) is 5.92 Å². The lowest BCUT2D eigenvalue weighted by atomic mass is 9.98. The van der Waals surface area contributed by atoms with Crippen molar-refractivity contribution in [2.45, 2.75) is 26.3 Å². The first-order valence-electron chi connectivity index (χ1n) is 8.55. The van der Waals surface area contributed by atoms with Crippen molar-refractivity contribution < 1.29 is 18.8 Å². The van der Waals surface area contributed by atoms with Gasteiger partial charge in [0.05, 0.1) is 26.2 Å². The van der Waals surface area contributed by atoms with Gasteiger partial charge in [-0.3, -0.25) is 9.69 Å². The molecular weight excluding hydrogens is 322 g/mol. The van der Waals surface area contributed by atoms with Crippen LogP contribution in [-0.4, -0.2) is 47.8 Å². The molecule has 0 saturated carbocycles. The zero-order valence-electron chi connectivity index (χ0n) is 14.6. The molecule has 1 aromatic carbocycles. The van der Waals surface area contributed by atoms with E-state index in [1.165, 1.54) is 0 Å². The lowest BCUT2D eigenvalue weighted by Crippen LogP contribution is -2.39. The second-order valence-electron chi connectivity index (χ2n) is 6.07. The minimum absolute atomic E-state index is 0.0716. The average molecular weight is 345 g/mol. The highest BCUT2D eigenvalue weighted by Crippen LogP contribution is 2.22. The third-order valence-corrected chi connectivity index (χ3v) is 4.30. The summed E-state index contributed by atoms with van der Waals surface area (Å²) in [5.74, 6) is 1.70. The molecule has 25 heavy (non-hydrogen) atoms. The summed E-state index contributed by atoms with van der Waals surface area (Å²) in [6.07, 6.45) is 1.83. The summed E-state index contributed by atoms with van der Waals surface area (Å²) < 4.78 is 15.7. The van der Waals surface area contributed by atoms with Crippen LogP contribution in [0.15, 0.2) is 28.8 Å². The molecule has 2 aromatic rings. The monoisotopic (exact) mass is 345 g/mol. The van der Waals surface area contributed by atoms with Crippen LogP contribution in [0.4, 0.5) is 0 Å². The molecule has 1 saturated heterocycles. The van der Waals surface area contributed by atoms with Gasteiger partial charge in [-0.05, 0) is 50.6 Å². The maximum Gasteiger partial charge on any atom is 0.310 e. The first-order valence-corrected chi connectivity index (χ1v) is 8.55. The summed E-state index contributed by atoms with van der Waals surface area (Å²) >= 11 is 0. The second kappa shape index (κ2) is 8.11. The molecule has 1 fully saturated rings. The van der Waals surface area contributed by atoms with Gasteiger partial charge in [-0.2, -0.15) is 4.98 Å². The second-order valence-corrected chi connectivity index (χ2v) is 6.07. The van der Waals surface area contributed by atoms with Crippen LogP contribution in [0.5, 0.6) is 5.75 Å². The average Bonchev–Trinajstić information content (AvgIpc) is 3.10. The fraction of sp³-hybridized carbons (Fsp3) is 0.500. The van der Waals surface area contributed by atoms with Crippen molar-refractivity contribution in [3.8, 4) is 17.1 Å². The highest BCUT2D eigenvalue weighted by Gasteiger charge is 2.27. The number of rotatable bonds is 6. The third-order valence-electron chi connectivity index (χ3n) is 4.30. The van der Waals surface area contributed by atoms with Crippen LogP contribution in [0.3, 0.4) is 0 Å². The Kier molecular flexibility index (Phi) is 5.65. The van der Waals surface area contributed by atoms with Gasteiger partial charge in [0, 0.05) is 12.1 Å². The Balaban J connectivity index is 1.61. The minimum Gasteiger partial charge on any atom is -0.497 e. The number of methoxy groups -OCH3 is 1. The zero-order valence-corrected chi connectivity index (χ0v) is 14.6. The Morgan fingerprint density at radius 3 is 2.88 bits per heavy atom. The van der Waals surface area contributed by atoms with E-state index in [4.69, 9.17) is 14.0 Å². The molecule has 1 atom stereocenters. The van der Waals surface area contributed by atoms with E-state index in [1.807, 2.05) is 31.2 Å². The SMILES string of the molecule is CCOC(=O)C1CCCN(Cc2nc(-c3ccc(OC)cc3)no2)C1. The van der Waals surface area contributed by atoms with E-state index in [9.17, 15) is 4.79 Å². The van der Waals surface area contributed by atoms with Crippen LogP contribution in [-0.2, 0) is 16.1 Å². The van der Waals surface area contributed by atoms with Crippen molar-refractivity contribution in [1.82, 2.24) is 15.0 Å². The largest absolute Gasteiger partial charge is 0.497 e. The number of likely N-dealkylation sites (tertiary alicyclic amines) is 1. The van der Waals surface area contributed by atoms with E-state index < -0.39 is 0 Å². The third kappa shape index (κ3) is 4.36. The van der Waals surface area contributed by atoms with E-state index in [0.29, 0.717) is 31.4 Å². The smallest absolute Gasteiger partial charge is 0.310 e. The topological polar surface area (TPSA) is 77.7 Å². The van der Waals surface area contributed by atoms with E-state index in [2.05, 4.69) is 15.0 Å². The first-order chi connectivity index (χ1) is 12.2. The summed E-state index contributed by atoms with van der Waals surface area (Å²) in [7, 11) is 1.63. The zero-order chi connectivity index (χ0) is 17.6. The summed E-state index contributed by atoms with van der Waals surface area (Å²) in [6.45, 7) is 4.37. The Morgan fingerprint density at radius 1 is 1.36 bits per heavy atom. The summed E-state index contributed by atoms with van der Waals surface area (Å²) in [5, 5.41) is 4.05. The van der Waals surface area contributed by atoms with Crippen LogP contribution < -0.4 is 4.74 Å². The molecule has 0 spiro atoms. The number of aromatic nitrogens is 2. The first kappa shape index (κ1) is 17.4. The van der Waals surface area contributed by atoms with E-state index in [0.717, 1.165) is 30.7 Å². The molecule has 7 nitrogen and oxygen atoms in total. The Labute approximate surface area is 146 Å². The van der Waals surface area contributed by atoms with Crippen molar-refractivity contribution in [3.63, 3.8) is 0 Å². The molecule has 1 unspecified atom stereocenters. The predicted molar refractivity (Wildman–Crippen MR) is 90.9 cm³/mol. The predicted octanol–water partition coefficient (Wildman–Crippen LogP) is 2.52. The molecule has 0 bridgehead atoms. The van der Waals surface area contributed by atoms with Crippen LogP contribution >= 0.6 is 0 Å². The molecule has 0 radical (unpaired) electrons. The van der Waals surface area contributed by atoms with Crippen molar-refractivity contribution in [3.05, 3.63) is 30.2 Å². The van der Waals surface area contributed by atoms with Crippen molar-refractivity contribution >= 4 is 5.97 Å². The molecule has 1 aliphatic heterocycles.